The predicted octanol–water partition coefficient (Wildman–Crippen LogP) is 4.80. The second-order valence-electron chi connectivity index (χ2n) is 6.76. The van der Waals surface area contributed by atoms with Gasteiger partial charge in [0.05, 0.1) is 18.0 Å². The number of ether oxygens (including phenoxy) is 2. The summed E-state index contributed by atoms with van der Waals surface area (Å²) in [5.41, 5.74) is 3.47. The molecule has 3 rings (SSSR count). The number of aryl methyl sites for hydroxylation is 1. The Balaban J connectivity index is 1.71. The minimum atomic E-state index is 0.604. The topological polar surface area (TPSA) is 59.5 Å². The third-order valence-corrected chi connectivity index (χ3v) is 4.88. The minimum absolute atomic E-state index is 0.604. The Morgan fingerprint density at radius 3 is 2.45 bits per heavy atom. The van der Waals surface area contributed by atoms with Crippen molar-refractivity contribution in [3.05, 3.63) is 48.3 Å². The molecule has 2 heterocycles. The van der Waals surface area contributed by atoms with E-state index in [4.69, 9.17) is 9.47 Å². The van der Waals surface area contributed by atoms with Crippen molar-refractivity contribution < 1.29 is 9.47 Å². The second-order valence-corrected chi connectivity index (χ2v) is 6.76. The fourth-order valence-electron chi connectivity index (χ4n) is 3.18. The molecule has 0 fully saturated rings. The first-order valence-corrected chi connectivity index (χ1v) is 10.3. The van der Waals surface area contributed by atoms with Gasteiger partial charge in [-0.2, -0.15) is 0 Å². The van der Waals surface area contributed by atoms with Crippen molar-refractivity contribution in [2.75, 3.05) is 38.2 Å². The number of likely N-dealkylation sites (N-methyl/N-ethyl adjacent to an activating group) is 1. The average molecular weight is 395 g/mol. The maximum Gasteiger partial charge on any atom is 0.161 e. The standard InChI is InChI=1S/C23H30N4O2/c1-5-27(6-2)14-15-29-19-10-8-18(9-11-19)26-21-12-13-24-23-20(21)16-22(28-7-3)17(4)25-23/h8-13,16H,5-7,14-15H2,1-4H3,(H,24,25,26). The van der Waals surface area contributed by atoms with Crippen LogP contribution in [0.4, 0.5) is 11.4 Å². The quantitative estimate of drug-likeness (QED) is 0.533. The normalized spacial score (nSPS) is 11.1. The van der Waals surface area contributed by atoms with Gasteiger partial charge in [-0.05, 0) is 63.3 Å². The van der Waals surface area contributed by atoms with Crippen LogP contribution in [0.15, 0.2) is 42.6 Å². The van der Waals surface area contributed by atoms with Crippen LogP contribution in [0.25, 0.3) is 11.0 Å². The summed E-state index contributed by atoms with van der Waals surface area (Å²) in [6.45, 7) is 12.6. The fourth-order valence-corrected chi connectivity index (χ4v) is 3.18. The van der Waals surface area contributed by atoms with E-state index in [-0.39, 0.29) is 0 Å². The summed E-state index contributed by atoms with van der Waals surface area (Å²) >= 11 is 0. The van der Waals surface area contributed by atoms with Crippen LogP contribution in [-0.4, -0.2) is 47.7 Å². The van der Waals surface area contributed by atoms with Gasteiger partial charge >= 0.3 is 0 Å². The lowest BCUT2D eigenvalue weighted by atomic mass is 10.2. The van der Waals surface area contributed by atoms with Crippen LogP contribution in [0, 0.1) is 6.92 Å². The monoisotopic (exact) mass is 394 g/mol. The Morgan fingerprint density at radius 1 is 1.00 bits per heavy atom. The van der Waals surface area contributed by atoms with E-state index in [1.165, 1.54) is 0 Å². The highest BCUT2D eigenvalue weighted by Gasteiger charge is 2.09. The highest BCUT2D eigenvalue weighted by Crippen LogP contribution is 2.29. The number of rotatable bonds is 10. The van der Waals surface area contributed by atoms with Crippen LogP contribution in [0.5, 0.6) is 11.5 Å². The molecule has 3 aromatic rings. The molecule has 0 atom stereocenters. The van der Waals surface area contributed by atoms with Crippen LogP contribution < -0.4 is 14.8 Å². The van der Waals surface area contributed by atoms with Gasteiger partial charge in [0.25, 0.3) is 0 Å². The molecular weight excluding hydrogens is 364 g/mol. The van der Waals surface area contributed by atoms with E-state index in [2.05, 4.69) is 34.0 Å². The van der Waals surface area contributed by atoms with Gasteiger partial charge in [-0.1, -0.05) is 13.8 Å². The summed E-state index contributed by atoms with van der Waals surface area (Å²) in [5.74, 6) is 1.66. The number of fused-ring (bicyclic) bond motifs is 1. The summed E-state index contributed by atoms with van der Waals surface area (Å²) in [4.78, 5) is 11.3. The molecule has 0 aliphatic rings. The Morgan fingerprint density at radius 2 is 1.76 bits per heavy atom. The lowest BCUT2D eigenvalue weighted by Gasteiger charge is -2.18. The number of aromatic nitrogens is 2. The summed E-state index contributed by atoms with van der Waals surface area (Å²) in [5, 5.41) is 4.39. The van der Waals surface area contributed by atoms with Gasteiger partial charge in [0.1, 0.15) is 18.1 Å². The zero-order chi connectivity index (χ0) is 20.6. The number of nitrogens with one attached hydrogen (secondary N) is 1. The van der Waals surface area contributed by atoms with E-state index in [9.17, 15) is 0 Å². The molecule has 0 bridgehead atoms. The maximum atomic E-state index is 5.87. The summed E-state index contributed by atoms with van der Waals surface area (Å²) in [6.07, 6.45) is 1.77. The zero-order valence-corrected chi connectivity index (χ0v) is 17.7. The minimum Gasteiger partial charge on any atom is -0.492 e. The number of nitrogens with zero attached hydrogens (tertiary/aromatic N) is 3. The smallest absolute Gasteiger partial charge is 0.161 e. The molecule has 1 N–H and O–H groups in total. The van der Waals surface area contributed by atoms with Crippen molar-refractivity contribution >= 4 is 22.4 Å². The number of hydrogen-bond donors (Lipinski definition) is 1. The Labute approximate surface area is 172 Å². The Kier molecular flexibility index (Phi) is 7.25. The van der Waals surface area contributed by atoms with Crippen molar-refractivity contribution in [1.29, 1.82) is 0 Å². The summed E-state index contributed by atoms with van der Waals surface area (Å²) < 4.78 is 11.6. The molecule has 0 saturated heterocycles. The Bertz CT molecular complexity index is 924. The van der Waals surface area contributed by atoms with Gasteiger partial charge in [0.2, 0.25) is 0 Å². The number of pyridine rings is 2. The van der Waals surface area contributed by atoms with Crippen molar-refractivity contribution in [1.82, 2.24) is 14.9 Å². The molecule has 29 heavy (non-hydrogen) atoms. The van der Waals surface area contributed by atoms with E-state index in [0.29, 0.717) is 18.9 Å². The molecule has 6 nitrogen and oxygen atoms in total. The van der Waals surface area contributed by atoms with Crippen molar-refractivity contribution in [3.63, 3.8) is 0 Å². The van der Waals surface area contributed by atoms with Gasteiger partial charge in [-0.3, -0.25) is 0 Å². The molecule has 0 amide bonds. The van der Waals surface area contributed by atoms with E-state index in [0.717, 1.165) is 53.6 Å². The molecular formula is C23H30N4O2. The highest BCUT2D eigenvalue weighted by atomic mass is 16.5. The third-order valence-electron chi connectivity index (χ3n) is 4.88. The van der Waals surface area contributed by atoms with Gasteiger partial charge in [-0.15, -0.1) is 0 Å². The Hall–Kier alpha value is -2.86. The SMILES string of the molecule is CCOc1cc2c(Nc3ccc(OCCN(CC)CC)cc3)ccnc2nc1C. The van der Waals surface area contributed by atoms with Crippen molar-refractivity contribution in [3.8, 4) is 11.5 Å². The van der Waals surface area contributed by atoms with Crippen LogP contribution in [0.2, 0.25) is 0 Å². The first kappa shape index (κ1) is 20.9. The van der Waals surface area contributed by atoms with Gasteiger partial charge in [-0.25, -0.2) is 9.97 Å². The highest BCUT2D eigenvalue weighted by molar-refractivity contribution is 5.91. The molecule has 0 unspecified atom stereocenters. The number of benzene rings is 1. The van der Waals surface area contributed by atoms with Crippen LogP contribution in [0.3, 0.4) is 0 Å². The number of hydrogen-bond acceptors (Lipinski definition) is 6. The summed E-state index contributed by atoms with van der Waals surface area (Å²) in [6, 6.07) is 12.0. The molecule has 6 heteroatoms. The molecule has 0 aliphatic heterocycles. The van der Waals surface area contributed by atoms with Crippen LogP contribution >= 0.6 is 0 Å². The lowest BCUT2D eigenvalue weighted by molar-refractivity contribution is 0.223. The number of anilines is 2. The van der Waals surface area contributed by atoms with Crippen molar-refractivity contribution in [2.45, 2.75) is 27.7 Å². The van der Waals surface area contributed by atoms with E-state index in [1.54, 1.807) is 6.20 Å². The van der Waals surface area contributed by atoms with Gasteiger partial charge in [0.15, 0.2) is 5.65 Å². The first-order valence-electron chi connectivity index (χ1n) is 10.3. The zero-order valence-electron chi connectivity index (χ0n) is 17.7. The molecule has 2 aromatic heterocycles. The van der Waals surface area contributed by atoms with Crippen molar-refractivity contribution in [2.24, 2.45) is 0 Å². The fraction of sp³-hybridized carbons (Fsp3) is 0.391. The van der Waals surface area contributed by atoms with Crippen LogP contribution in [-0.2, 0) is 0 Å². The molecule has 0 spiro atoms. The average Bonchev–Trinajstić information content (AvgIpc) is 2.73. The maximum absolute atomic E-state index is 5.87. The first-order chi connectivity index (χ1) is 14.1. The third kappa shape index (κ3) is 5.35. The van der Waals surface area contributed by atoms with E-state index < -0.39 is 0 Å². The van der Waals surface area contributed by atoms with Gasteiger partial charge < -0.3 is 19.7 Å². The molecule has 0 radical (unpaired) electrons. The predicted molar refractivity (Wildman–Crippen MR) is 118 cm³/mol. The molecule has 0 saturated carbocycles. The molecule has 154 valence electrons. The molecule has 1 aromatic carbocycles. The lowest BCUT2D eigenvalue weighted by Crippen LogP contribution is -2.27. The largest absolute Gasteiger partial charge is 0.492 e. The summed E-state index contributed by atoms with van der Waals surface area (Å²) in [7, 11) is 0. The van der Waals surface area contributed by atoms with Gasteiger partial charge in [0, 0.05) is 23.8 Å². The second kappa shape index (κ2) is 10.1. The molecule has 0 aliphatic carbocycles. The van der Waals surface area contributed by atoms with E-state index >= 15 is 0 Å². The van der Waals surface area contributed by atoms with E-state index in [1.807, 2.05) is 50.2 Å². The van der Waals surface area contributed by atoms with Crippen LogP contribution in [0.1, 0.15) is 26.5 Å².